The Bertz CT molecular complexity index is 1090. The van der Waals surface area contributed by atoms with E-state index in [0.29, 0.717) is 16.9 Å². The molecule has 0 atom stereocenters. The molecule has 3 aromatic rings. The second-order valence-electron chi connectivity index (χ2n) is 7.75. The van der Waals surface area contributed by atoms with Gasteiger partial charge in [-0.3, -0.25) is 9.59 Å². The van der Waals surface area contributed by atoms with Crippen molar-refractivity contribution < 1.29 is 9.59 Å². The van der Waals surface area contributed by atoms with Gasteiger partial charge in [-0.1, -0.05) is 68.2 Å². The molecule has 0 radical (unpaired) electrons. The number of nitrogens with zero attached hydrogens (tertiary/aromatic N) is 1. The molecule has 7 heteroatoms. The topological polar surface area (TPSA) is 71.1 Å². The van der Waals surface area contributed by atoms with Gasteiger partial charge >= 0.3 is 0 Å². The summed E-state index contributed by atoms with van der Waals surface area (Å²) in [5, 5.41) is 5.79. The molecule has 0 fully saturated rings. The number of amides is 2. The van der Waals surface area contributed by atoms with Crippen LogP contribution in [0, 0.1) is 0 Å². The summed E-state index contributed by atoms with van der Waals surface area (Å²) in [6.45, 7) is 6.34. The van der Waals surface area contributed by atoms with Crippen LogP contribution >= 0.6 is 23.2 Å². The Morgan fingerprint density at radius 1 is 0.800 bits per heavy atom. The third-order valence-electron chi connectivity index (χ3n) is 4.50. The lowest BCUT2D eigenvalue weighted by atomic mass is 9.87. The minimum atomic E-state index is -0.458. The van der Waals surface area contributed by atoms with Crippen LogP contribution in [0.4, 0.5) is 11.4 Å². The first-order valence-electron chi connectivity index (χ1n) is 9.29. The van der Waals surface area contributed by atoms with Crippen molar-refractivity contribution in [1.29, 1.82) is 0 Å². The molecule has 0 saturated heterocycles. The van der Waals surface area contributed by atoms with Gasteiger partial charge < -0.3 is 10.6 Å². The lowest BCUT2D eigenvalue weighted by Crippen LogP contribution is -2.17. The van der Waals surface area contributed by atoms with Gasteiger partial charge in [0, 0.05) is 5.56 Å². The fraction of sp³-hybridized carbons (Fsp3) is 0.174. The highest BCUT2D eigenvalue weighted by molar-refractivity contribution is 6.35. The Labute approximate surface area is 185 Å². The number of carbonyl (C=O) groups is 2. The van der Waals surface area contributed by atoms with E-state index in [-0.39, 0.29) is 27.2 Å². The summed E-state index contributed by atoms with van der Waals surface area (Å²) in [7, 11) is 0. The number of aromatic nitrogens is 1. The Hall–Kier alpha value is -2.89. The molecule has 0 unspecified atom stereocenters. The smallest absolute Gasteiger partial charge is 0.258 e. The quantitative estimate of drug-likeness (QED) is 0.474. The van der Waals surface area contributed by atoms with E-state index in [9.17, 15) is 9.59 Å². The molecule has 2 N–H and O–H groups in total. The van der Waals surface area contributed by atoms with Gasteiger partial charge in [-0.05, 0) is 47.4 Å². The van der Waals surface area contributed by atoms with Crippen molar-refractivity contribution in [2.24, 2.45) is 0 Å². The highest BCUT2D eigenvalue weighted by atomic mass is 35.5. The molecule has 2 amide bonds. The number of benzene rings is 2. The van der Waals surface area contributed by atoms with Crippen LogP contribution in [-0.4, -0.2) is 16.8 Å². The van der Waals surface area contributed by atoms with E-state index in [2.05, 4.69) is 36.4 Å². The minimum Gasteiger partial charge on any atom is -0.320 e. The van der Waals surface area contributed by atoms with Crippen molar-refractivity contribution in [1.82, 2.24) is 4.98 Å². The molecular weight excluding hydrogens is 421 g/mol. The molecule has 0 aliphatic carbocycles. The molecule has 0 aliphatic rings. The zero-order valence-corrected chi connectivity index (χ0v) is 18.3. The van der Waals surface area contributed by atoms with Crippen LogP contribution in [0.5, 0.6) is 0 Å². The van der Waals surface area contributed by atoms with Crippen molar-refractivity contribution in [3.05, 3.63) is 87.7 Å². The zero-order valence-electron chi connectivity index (χ0n) is 16.8. The molecule has 3 rings (SSSR count). The monoisotopic (exact) mass is 441 g/mol. The van der Waals surface area contributed by atoms with Crippen LogP contribution in [-0.2, 0) is 5.41 Å². The second-order valence-corrected chi connectivity index (χ2v) is 8.50. The minimum absolute atomic E-state index is 0.000421. The summed E-state index contributed by atoms with van der Waals surface area (Å²) in [6, 6.07) is 17.4. The Balaban J connectivity index is 1.78. The first kappa shape index (κ1) is 21.8. The number of pyridine rings is 1. The van der Waals surface area contributed by atoms with E-state index < -0.39 is 5.91 Å². The third kappa shape index (κ3) is 5.17. The number of halogens is 2. The van der Waals surface area contributed by atoms with Crippen molar-refractivity contribution in [3.8, 4) is 0 Å². The maximum Gasteiger partial charge on any atom is 0.258 e. The number of para-hydroxylation sites is 2. The van der Waals surface area contributed by atoms with Crippen molar-refractivity contribution in [2.45, 2.75) is 26.2 Å². The standard InChI is InChI=1S/C23H21Cl2N3O2/c1-23(2,3)15-10-8-14(9-11-15)21(29)26-17-6-4-5-7-18(17)27-22(30)16-12-13-19(24)28-20(16)25/h4-13H,1-3H3,(H,26,29)(H,27,30). The van der Waals surface area contributed by atoms with Gasteiger partial charge in [-0.15, -0.1) is 0 Å². The van der Waals surface area contributed by atoms with Crippen molar-refractivity contribution in [3.63, 3.8) is 0 Å². The van der Waals surface area contributed by atoms with Gasteiger partial charge in [0.05, 0.1) is 16.9 Å². The second kappa shape index (κ2) is 8.86. The van der Waals surface area contributed by atoms with E-state index in [4.69, 9.17) is 23.2 Å². The zero-order chi connectivity index (χ0) is 21.9. The number of hydrogen-bond donors (Lipinski definition) is 2. The SMILES string of the molecule is CC(C)(C)c1ccc(C(=O)Nc2ccccc2NC(=O)c2ccc(Cl)nc2Cl)cc1. The predicted octanol–water partition coefficient (Wildman–Crippen LogP) is 6.19. The maximum absolute atomic E-state index is 12.7. The van der Waals surface area contributed by atoms with Gasteiger partial charge in [0.1, 0.15) is 10.3 Å². The molecule has 2 aromatic carbocycles. The molecule has 1 aromatic heterocycles. The number of carbonyl (C=O) groups excluding carboxylic acids is 2. The lowest BCUT2D eigenvalue weighted by Gasteiger charge is -2.19. The summed E-state index contributed by atoms with van der Waals surface area (Å²) >= 11 is 11.8. The first-order chi connectivity index (χ1) is 14.1. The number of anilines is 2. The molecule has 30 heavy (non-hydrogen) atoms. The van der Waals surface area contributed by atoms with Gasteiger partial charge in [0.15, 0.2) is 0 Å². The average Bonchev–Trinajstić information content (AvgIpc) is 2.68. The summed E-state index contributed by atoms with van der Waals surface area (Å²) in [5.74, 6) is -0.733. The van der Waals surface area contributed by atoms with Crippen LogP contribution in [0.2, 0.25) is 10.3 Å². The van der Waals surface area contributed by atoms with Crippen LogP contribution < -0.4 is 10.6 Å². The number of hydrogen-bond acceptors (Lipinski definition) is 3. The Morgan fingerprint density at radius 2 is 1.37 bits per heavy atom. The Kier molecular flexibility index (Phi) is 6.44. The normalized spacial score (nSPS) is 11.1. The van der Waals surface area contributed by atoms with Crippen LogP contribution in [0.15, 0.2) is 60.7 Å². The molecule has 1 heterocycles. The molecule has 0 saturated carbocycles. The fourth-order valence-corrected chi connectivity index (χ4v) is 3.22. The molecule has 154 valence electrons. The highest BCUT2D eigenvalue weighted by Crippen LogP contribution is 2.25. The van der Waals surface area contributed by atoms with E-state index in [1.165, 1.54) is 12.1 Å². The first-order valence-corrected chi connectivity index (χ1v) is 10.0. The molecule has 0 aliphatic heterocycles. The van der Waals surface area contributed by atoms with Gasteiger partial charge in [0.2, 0.25) is 0 Å². The van der Waals surface area contributed by atoms with Crippen molar-refractivity contribution in [2.75, 3.05) is 10.6 Å². The molecule has 5 nitrogen and oxygen atoms in total. The van der Waals surface area contributed by atoms with Gasteiger partial charge in [-0.25, -0.2) is 4.98 Å². The van der Waals surface area contributed by atoms with E-state index in [0.717, 1.165) is 5.56 Å². The highest BCUT2D eigenvalue weighted by Gasteiger charge is 2.17. The van der Waals surface area contributed by atoms with Gasteiger partial charge in [0.25, 0.3) is 11.8 Å². The number of rotatable bonds is 4. The molecular formula is C23H21Cl2N3O2. The summed E-state index contributed by atoms with van der Waals surface area (Å²) in [4.78, 5) is 29.2. The lowest BCUT2D eigenvalue weighted by molar-refractivity contribution is 0.101. The van der Waals surface area contributed by atoms with Crippen LogP contribution in [0.1, 0.15) is 47.1 Å². The molecule has 0 spiro atoms. The van der Waals surface area contributed by atoms with Gasteiger partial charge in [-0.2, -0.15) is 0 Å². The number of nitrogens with one attached hydrogen (secondary N) is 2. The summed E-state index contributed by atoms with van der Waals surface area (Å²) in [5.41, 5.74) is 2.75. The van der Waals surface area contributed by atoms with Crippen LogP contribution in [0.25, 0.3) is 0 Å². The van der Waals surface area contributed by atoms with E-state index in [1.54, 1.807) is 36.4 Å². The third-order valence-corrected chi connectivity index (χ3v) is 4.99. The largest absolute Gasteiger partial charge is 0.320 e. The average molecular weight is 442 g/mol. The summed E-state index contributed by atoms with van der Waals surface area (Å²) in [6.07, 6.45) is 0. The fourth-order valence-electron chi connectivity index (χ4n) is 2.79. The Morgan fingerprint density at radius 3 is 1.90 bits per heavy atom. The summed E-state index contributed by atoms with van der Waals surface area (Å²) < 4.78 is 0. The maximum atomic E-state index is 12.7. The van der Waals surface area contributed by atoms with Crippen LogP contribution in [0.3, 0.4) is 0 Å². The van der Waals surface area contributed by atoms with E-state index in [1.807, 2.05) is 12.1 Å². The van der Waals surface area contributed by atoms with E-state index >= 15 is 0 Å². The van der Waals surface area contributed by atoms with Crippen molar-refractivity contribution >= 4 is 46.4 Å². The molecule has 0 bridgehead atoms. The predicted molar refractivity (Wildman–Crippen MR) is 122 cm³/mol.